The molecular formula is C11H9N3O2. The summed E-state index contributed by atoms with van der Waals surface area (Å²) in [6.45, 7) is 0. The third-order valence-corrected chi connectivity index (χ3v) is 2.09. The van der Waals surface area contributed by atoms with E-state index in [1.165, 1.54) is 12.3 Å². The SMILES string of the molecule is NC(=O)c1cccc(-c2nccc(=O)[nH]2)c1. The van der Waals surface area contributed by atoms with Crippen LogP contribution in [0.25, 0.3) is 11.4 Å². The largest absolute Gasteiger partial charge is 0.366 e. The van der Waals surface area contributed by atoms with Gasteiger partial charge in [-0.1, -0.05) is 12.1 Å². The maximum absolute atomic E-state index is 11.1. The monoisotopic (exact) mass is 215 g/mol. The van der Waals surface area contributed by atoms with Crippen LogP contribution >= 0.6 is 0 Å². The average molecular weight is 215 g/mol. The Morgan fingerprint density at radius 1 is 1.31 bits per heavy atom. The molecule has 0 unspecified atom stereocenters. The first kappa shape index (κ1) is 10.1. The van der Waals surface area contributed by atoms with Gasteiger partial charge in [0.1, 0.15) is 5.82 Å². The van der Waals surface area contributed by atoms with Crippen LogP contribution < -0.4 is 11.3 Å². The summed E-state index contributed by atoms with van der Waals surface area (Å²) in [5.41, 5.74) is 5.94. The summed E-state index contributed by atoms with van der Waals surface area (Å²) in [5, 5.41) is 0. The lowest BCUT2D eigenvalue weighted by Gasteiger charge is -2.01. The Kier molecular flexibility index (Phi) is 2.51. The molecule has 2 aromatic rings. The van der Waals surface area contributed by atoms with Crippen LogP contribution in [0, 0.1) is 0 Å². The van der Waals surface area contributed by atoms with Gasteiger partial charge in [-0.3, -0.25) is 9.59 Å². The summed E-state index contributed by atoms with van der Waals surface area (Å²) in [6, 6.07) is 7.93. The van der Waals surface area contributed by atoms with Gasteiger partial charge in [0.15, 0.2) is 0 Å². The van der Waals surface area contributed by atoms with Crippen molar-refractivity contribution in [2.75, 3.05) is 0 Å². The van der Waals surface area contributed by atoms with Gasteiger partial charge in [0, 0.05) is 23.4 Å². The number of benzene rings is 1. The molecule has 0 saturated heterocycles. The minimum Gasteiger partial charge on any atom is -0.366 e. The molecule has 3 N–H and O–H groups in total. The van der Waals surface area contributed by atoms with Gasteiger partial charge in [-0.15, -0.1) is 0 Å². The van der Waals surface area contributed by atoms with E-state index >= 15 is 0 Å². The minimum absolute atomic E-state index is 0.241. The van der Waals surface area contributed by atoms with Crippen LogP contribution in [0.3, 0.4) is 0 Å². The van der Waals surface area contributed by atoms with E-state index in [4.69, 9.17) is 5.73 Å². The van der Waals surface area contributed by atoms with Gasteiger partial charge in [-0.05, 0) is 12.1 Å². The predicted molar refractivity (Wildman–Crippen MR) is 58.8 cm³/mol. The topological polar surface area (TPSA) is 88.8 Å². The predicted octanol–water partition coefficient (Wildman–Crippen LogP) is 0.536. The smallest absolute Gasteiger partial charge is 0.251 e. The van der Waals surface area contributed by atoms with Gasteiger partial charge in [0.25, 0.3) is 5.56 Å². The molecule has 0 atom stereocenters. The highest BCUT2D eigenvalue weighted by atomic mass is 16.1. The maximum atomic E-state index is 11.1. The first-order chi connectivity index (χ1) is 7.66. The zero-order valence-electron chi connectivity index (χ0n) is 8.31. The molecule has 5 heteroatoms. The van der Waals surface area contributed by atoms with Gasteiger partial charge in [-0.25, -0.2) is 4.98 Å². The number of nitrogens with one attached hydrogen (secondary N) is 1. The minimum atomic E-state index is -0.514. The second-order valence-electron chi connectivity index (χ2n) is 3.23. The molecule has 1 aromatic carbocycles. The van der Waals surface area contributed by atoms with Crippen LogP contribution in [-0.2, 0) is 0 Å². The Balaban J connectivity index is 2.52. The van der Waals surface area contributed by atoms with Gasteiger partial charge in [0.2, 0.25) is 5.91 Å². The summed E-state index contributed by atoms with van der Waals surface area (Å²) >= 11 is 0. The summed E-state index contributed by atoms with van der Waals surface area (Å²) < 4.78 is 0. The number of H-pyrrole nitrogens is 1. The number of carbonyl (C=O) groups excluding carboxylic acids is 1. The van der Waals surface area contributed by atoms with Crippen molar-refractivity contribution >= 4 is 5.91 Å². The van der Waals surface area contributed by atoms with Crippen molar-refractivity contribution in [3.63, 3.8) is 0 Å². The first-order valence-electron chi connectivity index (χ1n) is 4.62. The number of aromatic nitrogens is 2. The fourth-order valence-corrected chi connectivity index (χ4v) is 1.34. The summed E-state index contributed by atoms with van der Waals surface area (Å²) in [4.78, 5) is 28.7. The molecule has 0 radical (unpaired) electrons. The Morgan fingerprint density at radius 2 is 2.12 bits per heavy atom. The molecule has 1 aromatic heterocycles. The number of rotatable bonds is 2. The molecule has 16 heavy (non-hydrogen) atoms. The molecular weight excluding hydrogens is 206 g/mol. The standard InChI is InChI=1S/C11H9N3O2/c12-10(16)7-2-1-3-8(6-7)11-13-5-4-9(15)14-11/h1-6H,(H2,12,16)(H,13,14,15). The Labute approximate surface area is 91.0 Å². The molecule has 5 nitrogen and oxygen atoms in total. The molecule has 1 heterocycles. The van der Waals surface area contributed by atoms with E-state index in [1.807, 2.05) is 0 Å². The van der Waals surface area contributed by atoms with E-state index in [1.54, 1.807) is 24.3 Å². The van der Waals surface area contributed by atoms with Crippen molar-refractivity contribution in [1.29, 1.82) is 0 Å². The number of hydrogen-bond acceptors (Lipinski definition) is 3. The van der Waals surface area contributed by atoms with Gasteiger partial charge >= 0.3 is 0 Å². The van der Waals surface area contributed by atoms with Crippen LogP contribution in [0.2, 0.25) is 0 Å². The van der Waals surface area contributed by atoms with Gasteiger partial charge in [0.05, 0.1) is 0 Å². The quantitative estimate of drug-likeness (QED) is 0.766. The molecule has 0 aliphatic heterocycles. The van der Waals surface area contributed by atoms with Crippen LogP contribution in [0.4, 0.5) is 0 Å². The second-order valence-corrected chi connectivity index (χ2v) is 3.23. The zero-order valence-corrected chi connectivity index (χ0v) is 8.31. The van der Waals surface area contributed by atoms with E-state index in [2.05, 4.69) is 9.97 Å². The highest BCUT2D eigenvalue weighted by Crippen LogP contribution is 2.14. The summed E-state index contributed by atoms with van der Waals surface area (Å²) in [5.74, 6) is -0.101. The van der Waals surface area contributed by atoms with Crippen molar-refractivity contribution in [3.8, 4) is 11.4 Å². The van der Waals surface area contributed by atoms with Crippen LogP contribution in [0.15, 0.2) is 41.3 Å². The van der Waals surface area contributed by atoms with Crippen molar-refractivity contribution in [1.82, 2.24) is 9.97 Å². The second kappa shape index (κ2) is 3.98. The molecule has 80 valence electrons. The molecule has 0 fully saturated rings. The molecule has 0 aliphatic rings. The number of hydrogen-bond donors (Lipinski definition) is 2. The Morgan fingerprint density at radius 3 is 2.81 bits per heavy atom. The lowest BCUT2D eigenvalue weighted by atomic mass is 10.1. The van der Waals surface area contributed by atoms with Gasteiger partial charge < -0.3 is 10.7 Å². The van der Waals surface area contributed by atoms with E-state index in [9.17, 15) is 9.59 Å². The summed E-state index contributed by atoms with van der Waals surface area (Å²) in [7, 11) is 0. The average Bonchev–Trinajstić information content (AvgIpc) is 2.29. The van der Waals surface area contributed by atoms with Crippen LogP contribution in [0.1, 0.15) is 10.4 Å². The van der Waals surface area contributed by atoms with Gasteiger partial charge in [-0.2, -0.15) is 0 Å². The van der Waals surface area contributed by atoms with Crippen LogP contribution in [0.5, 0.6) is 0 Å². The Bertz CT molecular complexity index is 590. The molecule has 1 amide bonds. The maximum Gasteiger partial charge on any atom is 0.251 e. The number of carbonyl (C=O) groups is 1. The van der Waals surface area contributed by atoms with Crippen molar-refractivity contribution < 1.29 is 4.79 Å². The third-order valence-electron chi connectivity index (χ3n) is 2.09. The lowest BCUT2D eigenvalue weighted by Crippen LogP contribution is -2.11. The van der Waals surface area contributed by atoms with E-state index in [0.29, 0.717) is 17.0 Å². The Hall–Kier alpha value is -2.43. The van der Waals surface area contributed by atoms with Crippen molar-refractivity contribution in [3.05, 3.63) is 52.4 Å². The van der Waals surface area contributed by atoms with Crippen LogP contribution in [-0.4, -0.2) is 15.9 Å². The van der Waals surface area contributed by atoms with Crippen molar-refractivity contribution in [2.24, 2.45) is 5.73 Å². The highest BCUT2D eigenvalue weighted by molar-refractivity contribution is 5.93. The number of amides is 1. The summed E-state index contributed by atoms with van der Waals surface area (Å²) in [6.07, 6.45) is 1.41. The third kappa shape index (κ3) is 1.98. The van der Waals surface area contributed by atoms with E-state index in [-0.39, 0.29) is 5.56 Å². The number of nitrogens with zero attached hydrogens (tertiary/aromatic N) is 1. The molecule has 0 aliphatic carbocycles. The normalized spacial score (nSPS) is 10.0. The van der Waals surface area contributed by atoms with E-state index < -0.39 is 5.91 Å². The van der Waals surface area contributed by atoms with Crippen molar-refractivity contribution in [2.45, 2.75) is 0 Å². The number of primary amides is 1. The van der Waals surface area contributed by atoms with E-state index in [0.717, 1.165) is 0 Å². The highest BCUT2D eigenvalue weighted by Gasteiger charge is 2.04. The molecule has 0 spiro atoms. The first-order valence-corrected chi connectivity index (χ1v) is 4.62. The number of aromatic amines is 1. The molecule has 0 bridgehead atoms. The molecule has 2 rings (SSSR count). The number of nitrogens with two attached hydrogens (primary N) is 1. The molecule has 0 saturated carbocycles. The zero-order chi connectivity index (χ0) is 11.5. The fraction of sp³-hybridized carbons (Fsp3) is 0. The lowest BCUT2D eigenvalue weighted by molar-refractivity contribution is 0.100. The fourth-order valence-electron chi connectivity index (χ4n) is 1.34.